The minimum Gasteiger partial charge on any atom is -0.497 e. The zero-order chi connectivity index (χ0) is 17.7. The number of nitrogens with zero attached hydrogens (tertiary/aromatic N) is 1. The van der Waals surface area contributed by atoms with E-state index in [1.807, 2.05) is 24.3 Å². The van der Waals surface area contributed by atoms with Gasteiger partial charge in [0.1, 0.15) is 11.3 Å². The minimum absolute atomic E-state index is 0.0795. The fourth-order valence-electron chi connectivity index (χ4n) is 4.30. The molecule has 1 aromatic carbocycles. The molecule has 1 heterocycles. The van der Waals surface area contributed by atoms with Gasteiger partial charge in [-0.2, -0.15) is 0 Å². The number of likely N-dealkylation sites (tertiary alicyclic amines) is 1. The molecule has 3 rings (SSSR count). The summed E-state index contributed by atoms with van der Waals surface area (Å²) in [7, 11) is 3.39. The molecule has 1 aliphatic heterocycles. The average Bonchev–Trinajstić information content (AvgIpc) is 3.16. The molecule has 2 fully saturated rings. The Labute approximate surface area is 151 Å². The van der Waals surface area contributed by atoms with Gasteiger partial charge in [0.15, 0.2) is 0 Å². The summed E-state index contributed by atoms with van der Waals surface area (Å²) in [6, 6.07) is 7.82. The first-order valence-electron chi connectivity index (χ1n) is 9.52. The predicted molar refractivity (Wildman–Crippen MR) is 101 cm³/mol. The Morgan fingerprint density at radius 3 is 2.64 bits per heavy atom. The second-order valence-corrected chi connectivity index (χ2v) is 7.47. The van der Waals surface area contributed by atoms with Crippen LogP contribution in [0, 0.1) is 5.92 Å². The third-order valence-corrected chi connectivity index (χ3v) is 5.82. The van der Waals surface area contributed by atoms with Gasteiger partial charge in [-0.15, -0.1) is 0 Å². The number of piperidine rings is 1. The van der Waals surface area contributed by atoms with Crippen molar-refractivity contribution in [1.29, 1.82) is 0 Å². The number of carbonyl (C=O) groups is 1. The van der Waals surface area contributed by atoms with Crippen LogP contribution in [0.25, 0.3) is 0 Å². The minimum atomic E-state index is -0.534. The Balaban J connectivity index is 1.66. The highest BCUT2D eigenvalue weighted by atomic mass is 16.5. The predicted octanol–water partition coefficient (Wildman–Crippen LogP) is 2.88. The second-order valence-electron chi connectivity index (χ2n) is 7.47. The van der Waals surface area contributed by atoms with Gasteiger partial charge in [0.05, 0.1) is 7.11 Å². The topological polar surface area (TPSA) is 53.6 Å². The van der Waals surface area contributed by atoms with Gasteiger partial charge in [-0.25, -0.2) is 0 Å². The number of hydrogen-bond donors (Lipinski definition) is 2. The molecule has 2 aliphatic rings. The molecular formula is C20H31N3O2. The SMILES string of the molecule is CNC(=O)C1(Nc2cccc(OC)c2)CCN(CC2CCCC2)CC1. The van der Waals surface area contributed by atoms with E-state index in [0.717, 1.165) is 43.3 Å². The molecule has 0 spiro atoms. The summed E-state index contributed by atoms with van der Waals surface area (Å²) >= 11 is 0. The first kappa shape index (κ1) is 18.1. The number of methoxy groups -OCH3 is 1. The molecule has 5 nitrogen and oxygen atoms in total. The van der Waals surface area contributed by atoms with E-state index in [1.165, 1.54) is 32.2 Å². The summed E-state index contributed by atoms with van der Waals surface area (Å²) in [5.74, 6) is 1.74. The molecule has 25 heavy (non-hydrogen) atoms. The smallest absolute Gasteiger partial charge is 0.245 e. The average molecular weight is 345 g/mol. The molecule has 1 amide bonds. The number of ether oxygens (including phenoxy) is 1. The molecule has 1 aliphatic carbocycles. The Morgan fingerprint density at radius 2 is 2.00 bits per heavy atom. The van der Waals surface area contributed by atoms with Crippen molar-refractivity contribution >= 4 is 11.6 Å². The normalized spacial score (nSPS) is 21.0. The maximum Gasteiger partial charge on any atom is 0.245 e. The summed E-state index contributed by atoms with van der Waals surface area (Å²) in [5.41, 5.74) is 0.403. The highest BCUT2D eigenvalue weighted by Crippen LogP contribution is 2.31. The van der Waals surface area contributed by atoms with E-state index in [4.69, 9.17) is 4.74 Å². The van der Waals surface area contributed by atoms with Gasteiger partial charge >= 0.3 is 0 Å². The summed E-state index contributed by atoms with van der Waals surface area (Å²) in [6.45, 7) is 3.14. The largest absolute Gasteiger partial charge is 0.497 e. The van der Waals surface area contributed by atoms with Gasteiger partial charge in [-0.05, 0) is 43.7 Å². The molecule has 2 N–H and O–H groups in total. The summed E-state index contributed by atoms with van der Waals surface area (Å²) in [5, 5.41) is 6.38. The standard InChI is InChI=1S/C20H31N3O2/c1-21-19(24)20(22-17-8-5-9-18(14-17)25-2)10-12-23(13-11-20)15-16-6-3-4-7-16/h5,8-9,14,16,22H,3-4,6-7,10-13,15H2,1-2H3,(H,21,24). The van der Waals surface area contributed by atoms with Crippen molar-refractivity contribution < 1.29 is 9.53 Å². The lowest BCUT2D eigenvalue weighted by Gasteiger charge is -2.42. The first-order chi connectivity index (χ1) is 12.1. The van der Waals surface area contributed by atoms with Crippen LogP contribution >= 0.6 is 0 Å². The number of likely N-dealkylation sites (N-methyl/N-ethyl adjacent to an activating group) is 1. The van der Waals surface area contributed by atoms with E-state index in [2.05, 4.69) is 15.5 Å². The number of anilines is 1. The molecule has 5 heteroatoms. The molecule has 1 saturated heterocycles. The molecule has 1 aromatic rings. The van der Waals surface area contributed by atoms with E-state index >= 15 is 0 Å². The summed E-state index contributed by atoms with van der Waals surface area (Å²) < 4.78 is 5.31. The second kappa shape index (κ2) is 8.09. The summed E-state index contributed by atoms with van der Waals surface area (Å²) in [4.78, 5) is 15.2. The number of benzene rings is 1. The van der Waals surface area contributed by atoms with Gasteiger partial charge in [-0.3, -0.25) is 4.79 Å². The third-order valence-electron chi connectivity index (χ3n) is 5.82. The van der Waals surface area contributed by atoms with Crippen LogP contribution in [-0.4, -0.2) is 50.1 Å². The maximum absolute atomic E-state index is 12.7. The lowest BCUT2D eigenvalue weighted by molar-refractivity contribution is -0.126. The van der Waals surface area contributed by atoms with Crippen LogP contribution in [-0.2, 0) is 4.79 Å². The van der Waals surface area contributed by atoms with E-state index in [0.29, 0.717) is 0 Å². The van der Waals surface area contributed by atoms with E-state index in [9.17, 15) is 4.79 Å². The fraction of sp³-hybridized carbons (Fsp3) is 0.650. The molecule has 138 valence electrons. The molecule has 0 bridgehead atoms. The van der Waals surface area contributed by atoms with Crippen LogP contribution in [0.15, 0.2) is 24.3 Å². The maximum atomic E-state index is 12.7. The Morgan fingerprint density at radius 1 is 1.28 bits per heavy atom. The molecule has 1 saturated carbocycles. The lowest BCUT2D eigenvalue weighted by atomic mass is 9.85. The van der Waals surface area contributed by atoms with Gasteiger partial charge in [-0.1, -0.05) is 18.9 Å². The van der Waals surface area contributed by atoms with Crippen LogP contribution in [0.3, 0.4) is 0 Å². The molecule has 0 aromatic heterocycles. The number of carbonyl (C=O) groups excluding carboxylic acids is 1. The van der Waals surface area contributed by atoms with Crippen molar-refractivity contribution in [3.8, 4) is 5.75 Å². The van der Waals surface area contributed by atoms with Crippen LogP contribution in [0.4, 0.5) is 5.69 Å². The lowest BCUT2D eigenvalue weighted by Crippen LogP contribution is -2.58. The third kappa shape index (κ3) is 4.27. The van der Waals surface area contributed by atoms with Crippen molar-refractivity contribution in [3.05, 3.63) is 24.3 Å². The number of hydrogen-bond acceptors (Lipinski definition) is 4. The van der Waals surface area contributed by atoms with Crippen LogP contribution in [0.5, 0.6) is 5.75 Å². The van der Waals surface area contributed by atoms with Crippen molar-refractivity contribution in [1.82, 2.24) is 10.2 Å². The quantitative estimate of drug-likeness (QED) is 0.832. The summed E-state index contributed by atoms with van der Waals surface area (Å²) in [6.07, 6.45) is 7.18. The molecule has 0 radical (unpaired) electrons. The van der Waals surface area contributed by atoms with Crippen LogP contribution < -0.4 is 15.4 Å². The van der Waals surface area contributed by atoms with E-state index < -0.39 is 5.54 Å². The first-order valence-corrected chi connectivity index (χ1v) is 9.52. The van der Waals surface area contributed by atoms with Gasteiger partial charge in [0.2, 0.25) is 5.91 Å². The van der Waals surface area contributed by atoms with Crippen LogP contribution in [0.1, 0.15) is 38.5 Å². The van der Waals surface area contributed by atoms with Crippen molar-refractivity contribution in [3.63, 3.8) is 0 Å². The Kier molecular flexibility index (Phi) is 5.84. The van der Waals surface area contributed by atoms with Gasteiger partial charge in [0.25, 0.3) is 0 Å². The van der Waals surface area contributed by atoms with Gasteiger partial charge < -0.3 is 20.3 Å². The number of rotatable bonds is 6. The molecular weight excluding hydrogens is 314 g/mol. The van der Waals surface area contributed by atoms with Gasteiger partial charge in [0, 0.05) is 38.4 Å². The Hall–Kier alpha value is -1.75. The van der Waals surface area contributed by atoms with Crippen molar-refractivity contribution in [2.75, 3.05) is 39.1 Å². The molecule has 0 atom stereocenters. The number of amides is 1. The number of nitrogens with one attached hydrogen (secondary N) is 2. The van der Waals surface area contributed by atoms with Crippen molar-refractivity contribution in [2.45, 2.75) is 44.1 Å². The monoisotopic (exact) mass is 345 g/mol. The highest BCUT2D eigenvalue weighted by Gasteiger charge is 2.41. The van der Waals surface area contributed by atoms with Crippen LogP contribution in [0.2, 0.25) is 0 Å². The zero-order valence-corrected chi connectivity index (χ0v) is 15.5. The van der Waals surface area contributed by atoms with E-state index in [1.54, 1.807) is 14.2 Å². The zero-order valence-electron chi connectivity index (χ0n) is 15.5. The fourth-order valence-corrected chi connectivity index (χ4v) is 4.30. The van der Waals surface area contributed by atoms with Crippen molar-refractivity contribution in [2.24, 2.45) is 5.92 Å². The molecule has 0 unspecified atom stereocenters. The Bertz CT molecular complexity index is 576. The highest BCUT2D eigenvalue weighted by molar-refractivity contribution is 5.89. The van der Waals surface area contributed by atoms with E-state index in [-0.39, 0.29) is 5.91 Å².